The van der Waals surface area contributed by atoms with Gasteiger partial charge in [-0.15, -0.1) is 21.5 Å². The molecule has 6 heterocycles. The van der Waals surface area contributed by atoms with Gasteiger partial charge in [0.2, 0.25) is 0 Å². The summed E-state index contributed by atoms with van der Waals surface area (Å²) < 4.78 is 21.8. The molecule has 0 spiro atoms. The Morgan fingerprint density at radius 1 is 0.818 bits per heavy atom. The van der Waals surface area contributed by atoms with Crippen molar-refractivity contribution in [2.24, 2.45) is 4.99 Å². The molecule has 11 rings (SSSR count). The number of aromatic hydroxyl groups is 1. The molecule has 4 aromatic carbocycles. The van der Waals surface area contributed by atoms with Crippen molar-refractivity contribution >= 4 is 28.4 Å². The summed E-state index contributed by atoms with van der Waals surface area (Å²) in [5.41, 5.74) is 10.7. The molecule has 11 nitrogen and oxygen atoms in total. The van der Waals surface area contributed by atoms with Crippen LogP contribution in [-0.4, -0.2) is 92.0 Å². The van der Waals surface area contributed by atoms with Crippen molar-refractivity contribution in [3.8, 4) is 10.8 Å². The van der Waals surface area contributed by atoms with E-state index in [9.17, 15) is 14.6 Å². The van der Waals surface area contributed by atoms with Gasteiger partial charge in [-0.25, -0.2) is 9.37 Å². The van der Waals surface area contributed by atoms with Gasteiger partial charge in [0.25, 0.3) is 0 Å². The number of oxazole rings is 1. The second kappa shape index (κ2) is 17.3. The van der Waals surface area contributed by atoms with E-state index in [1.807, 2.05) is 25.1 Å². The predicted molar refractivity (Wildman–Crippen MR) is 257 cm³/mol. The van der Waals surface area contributed by atoms with Crippen LogP contribution in [0.4, 0.5) is 15.8 Å². The highest BCUT2D eigenvalue weighted by atomic mass is 32.1. The molecule has 66 heavy (non-hydrogen) atoms. The summed E-state index contributed by atoms with van der Waals surface area (Å²) in [6.45, 7) is 12.2. The second-order valence-corrected chi connectivity index (χ2v) is 19.9. The van der Waals surface area contributed by atoms with E-state index in [0.29, 0.717) is 37.4 Å². The molecule has 0 saturated carbocycles. The van der Waals surface area contributed by atoms with Gasteiger partial charge in [-0.3, -0.25) is 14.5 Å². The zero-order valence-corrected chi connectivity index (χ0v) is 38.5. The van der Waals surface area contributed by atoms with Crippen LogP contribution in [0.1, 0.15) is 98.5 Å². The minimum atomic E-state index is -0.733. The van der Waals surface area contributed by atoms with Crippen molar-refractivity contribution in [2.75, 3.05) is 55.6 Å². The second-order valence-electron chi connectivity index (χ2n) is 18.7. The number of hydrogen-bond donors (Lipinski definition) is 2. The quantitative estimate of drug-likeness (QED) is 0.146. The van der Waals surface area contributed by atoms with Gasteiger partial charge in [0.15, 0.2) is 11.7 Å². The molecule has 7 aromatic rings. The number of phenols is 1. The number of aryl methyl sites for hydroxylation is 3. The Morgan fingerprint density at radius 2 is 1.52 bits per heavy atom. The highest BCUT2D eigenvalue weighted by Gasteiger charge is 2.37. The van der Waals surface area contributed by atoms with E-state index in [1.54, 1.807) is 42.0 Å². The molecule has 4 aliphatic rings. The van der Waals surface area contributed by atoms with Gasteiger partial charge < -0.3 is 24.4 Å². The van der Waals surface area contributed by atoms with Crippen molar-refractivity contribution in [3.63, 3.8) is 0 Å². The van der Waals surface area contributed by atoms with E-state index in [4.69, 9.17) is 9.41 Å². The molecule has 0 bridgehead atoms. The lowest BCUT2D eigenvalue weighted by Gasteiger charge is -2.44. The van der Waals surface area contributed by atoms with E-state index < -0.39 is 5.60 Å². The molecule has 0 radical (unpaired) electrons. The van der Waals surface area contributed by atoms with Gasteiger partial charge >= 0.3 is 0 Å². The number of hydrogen-bond acceptors (Lipinski definition) is 11. The number of fused-ring (bicyclic) bond motifs is 4. The number of aliphatic hydroxyl groups is 1. The largest absolute Gasteiger partial charge is 0.508 e. The molecular weight excluding hydrogens is 848 g/mol. The maximum absolute atomic E-state index is 13.9. The number of rotatable bonds is 9. The van der Waals surface area contributed by atoms with E-state index in [0.717, 1.165) is 96.8 Å². The first-order valence-electron chi connectivity index (χ1n) is 23.3. The Hall–Kier alpha value is -6.15. The van der Waals surface area contributed by atoms with Crippen LogP contribution < -0.4 is 9.80 Å². The van der Waals surface area contributed by atoms with E-state index in [2.05, 4.69) is 103 Å². The molecule has 3 aromatic heterocycles. The smallest absolute Gasteiger partial charge is 0.196 e. The molecule has 0 unspecified atom stereocenters. The van der Waals surface area contributed by atoms with Crippen LogP contribution >= 0.6 is 11.3 Å². The van der Waals surface area contributed by atoms with Gasteiger partial charge in [0, 0.05) is 79.1 Å². The van der Waals surface area contributed by atoms with Crippen molar-refractivity contribution in [3.05, 3.63) is 171 Å². The van der Waals surface area contributed by atoms with Crippen molar-refractivity contribution in [1.29, 1.82) is 0 Å². The molecule has 2 saturated heterocycles. The maximum atomic E-state index is 13.9. The molecule has 338 valence electrons. The molecule has 1 aliphatic carbocycles. The van der Waals surface area contributed by atoms with Gasteiger partial charge in [-0.05, 0) is 129 Å². The van der Waals surface area contributed by atoms with Crippen molar-refractivity contribution in [1.82, 2.24) is 24.6 Å². The van der Waals surface area contributed by atoms with Gasteiger partial charge in [-0.2, -0.15) is 0 Å². The lowest BCUT2D eigenvalue weighted by Crippen LogP contribution is -2.55. The zero-order valence-electron chi connectivity index (χ0n) is 37.7. The molecule has 13 heteroatoms. The molecule has 2 fully saturated rings. The number of benzene rings is 4. The van der Waals surface area contributed by atoms with Crippen LogP contribution in [0.2, 0.25) is 0 Å². The summed E-state index contributed by atoms with van der Waals surface area (Å²) in [7, 11) is 0. The van der Waals surface area contributed by atoms with Crippen molar-refractivity contribution in [2.45, 2.75) is 76.4 Å². The van der Waals surface area contributed by atoms with Crippen LogP contribution in [0, 0.1) is 26.6 Å². The fourth-order valence-corrected chi connectivity index (χ4v) is 12.2. The van der Waals surface area contributed by atoms with E-state index >= 15 is 0 Å². The molecule has 3 atom stereocenters. The SMILES string of the molecule is Cc1sc2c(c1C)C(c1ccc(N3CCC(O)(CN4CCN(c5ccc([C@@H]6c7ccc(O)cc7CC[C@@H]6c6ccc(F)cc6)cc5)CC4)CC3)cc1)=N[C@@H](Cc1ncco1)c1nnc(C)n1-2. The van der Waals surface area contributed by atoms with Crippen LogP contribution in [0.5, 0.6) is 5.75 Å². The van der Waals surface area contributed by atoms with E-state index in [-0.39, 0.29) is 23.7 Å². The lowest BCUT2D eigenvalue weighted by atomic mass is 9.69. The average Bonchev–Trinajstić information content (AvgIpc) is 4.04. The zero-order chi connectivity index (χ0) is 45.1. The predicted octanol–water partition coefficient (Wildman–Crippen LogP) is 9.24. The molecule has 0 amide bonds. The highest BCUT2D eigenvalue weighted by Crippen LogP contribution is 2.47. The maximum Gasteiger partial charge on any atom is 0.196 e. The Kier molecular flexibility index (Phi) is 11.1. The summed E-state index contributed by atoms with van der Waals surface area (Å²) >= 11 is 1.75. The normalized spacial score (nSPS) is 20.6. The number of anilines is 2. The number of aliphatic imine (C=N–C) groups is 1. The number of aromatic nitrogens is 4. The number of nitrogens with zero attached hydrogens (tertiary/aromatic N) is 8. The number of phenolic OH excluding ortho intramolecular Hbond substituents is 1. The summed E-state index contributed by atoms with van der Waals surface area (Å²) in [6.07, 6.45) is 6.98. The fourth-order valence-electron chi connectivity index (χ4n) is 11.0. The summed E-state index contributed by atoms with van der Waals surface area (Å²) in [5.74, 6) is 2.64. The first-order valence-corrected chi connectivity index (χ1v) is 24.1. The average molecular weight is 903 g/mol. The number of halogens is 1. The van der Waals surface area contributed by atoms with Crippen LogP contribution in [0.25, 0.3) is 5.00 Å². The fraction of sp³-hybridized carbons (Fsp3) is 0.358. The first kappa shape index (κ1) is 42.5. The summed E-state index contributed by atoms with van der Waals surface area (Å²) in [5, 5.41) is 32.4. The monoisotopic (exact) mass is 902 g/mol. The number of piperazine rings is 1. The third-order valence-corrected chi connectivity index (χ3v) is 15.9. The third-order valence-electron chi connectivity index (χ3n) is 14.7. The number of piperidine rings is 1. The molecule has 3 aliphatic heterocycles. The standard InChI is InChI=1S/C53H55FN8O3S/c1-33-34(2)66-52-48(33)50(56-46(31-47-55-22-29-65-47)51-58-57-35(3)62(51)52)38-8-15-41(16-9-38)60-23-20-53(64,21-24-60)32-59-25-27-61(28-26-59)42-13-6-37(7-14-42)49-44(36-4-11-40(54)12-5-36)18-10-39-30-43(63)17-19-45(39)49/h4-9,11-17,19,22,29-30,44,46,49,63-64H,10,18,20-21,23-28,31-32H2,1-3H3/t44-,46+,49+/m1/s1. The van der Waals surface area contributed by atoms with E-state index in [1.165, 1.54) is 32.8 Å². The Morgan fingerprint density at radius 3 is 2.23 bits per heavy atom. The number of β-amino-alcohol motifs (C(OH)–C–C–N with tert-alkyl or cyclic N) is 1. The van der Waals surface area contributed by atoms with Gasteiger partial charge in [-0.1, -0.05) is 42.5 Å². The van der Waals surface area contributed by atoms with Gasteiger partial charge in [0.1, 0.15) is 34.7 Å². The highest BCUT2D eigenvalue weighted by molar-refractivity contribution is 7.15. The Bertz CT molecular complexity index is 2880. The Labute approximate surface area is 388 Å². The Balaban J connectivity index is 0.729. The lowest BCUT2D eigenvalue weighted by molar-refractivity contribution is -0.0173. The summed E-state index contributed by atoms with van der Waals surface area (Å²) in [4.78, 5) is 18.3. The molecular formula is C53H55FN8O3S. The van der Waals surface area contributed by atoms with Crippen LogP contribution in [-0.2, 0) is 12.8 Å². The number of thiophene rings is 1. The minimum Gasteiger partial charge on any atom is -0.508 e. The van der Waals surface area contributed by atoms with Gasteiger partial charge in [0.05, 0.1) is 23.9 Å². The van der Waals surface area contributed by atoms with Crippen LogP contribution in [0.15, 0.2) is 113 Å². The summed E-state index contributed by atoms with van der Waals surface area (Å²) in [6, 6.07) is 30.2. The molecule has 2 N–H and O–H groups in total. The first-order chi connectivity index (χ1) is 32.1. The topological polar surface area (TPSA) is 119 Å². The minimum absolute atomic E-state index is 0.113. The van der Waals surface area contributed by atoms with Crippen LogP contribution in [0.3, 0.4) is 0 Å². The third kappa shape index (κ3) is 8.00. The van der Waals surface area contributed by atoms with Crippen molar-refractivity contribution < 1.29 is 19.0 Å².